The van der Waals surface area contributed by atoms with E-state index in [4.69, 9.17) is 0 Å². The Morgan fingerprint density at radius 2 is 1.78 bits per heavy atom. The van der Waals surface area contributed by atoms with Crippen LogP contribution in [-0.2, 0) is 9.59 Å². The Morgan fingerprint density at radius 3 is 2.41 bits per heavy atom. The lowest BCUT2D eigenvalue weighted by Gasteiger charge is -2.36. The van der Waals surface area contributed by atoms with Crippen LogP contribution in [0.3, 0.4) is 0 Å². The van der Waals surface area contributed by atoms with Crippen molar-refractivity contribution in [2.24, 2.45) is 17.8 Å². The molecule has 1 aliphatic carbocycles. The first-order valence-electron chi connectivity index (χ1n) is 14.5. The number of aromatic hydroxyl groups is 1. The normalized spacial score (nSPS) is 21.9. The van der Waals surface area contributed by atoms with Gasteiger partial charge in [-0.1, -0.05) is 68.2 Å². The lowest BCUT2D eigenvalue weighted by molar-refractivity contribution is -0.123. The Labute approximate surface area is 241 Å². The molecule has 2 amide bonds. The second-order valence-electron chi connectivity index (χ2n) is 11.1. The van der Waals surface area contributed by atoms with Gasteiger partial charge in [-0.25, -0.2) is 0 Å². The van der Waals surface area contributed by atoms with Crippen LogP contribution in [-0.4, -0.2) is 57.0 Å². The molecule has 218 valence electrons. The molecule has 1 aliphatic heterocycles. The van der Waals surface area contributed by atoms with E-state index in [1.165, 1.54) is 12.1 Å². The SMILES string of the molecule is CCCC1=C([C@H](O)CC/C(=C/c2ccc(O)cc2)CCC)[C@H](CO)[C@@H]2C(=O)N(c3cccc(B(O)O)c3)C(=O)[C@@H]2C1. The van der Waals surface area contributed by atoms with Gasteiger partial charge in [-0.3, -0.25) is 14.5 Å². The summed E-state index contributed by atoms with van der Waals surface area (Å²) in [4.78, 5) is 28.4. The number of aliphatic hydroxyl groups is 2. The highest BCUT2D eigenvalue weighted by atomic mass is 16.4. The van der Waals surface area contributed by atoms with Gasteiger partial charge in [-0.2, -0.15) is 0 Å². The van der Waals surface area contributed by atoms with Gasteiger partial charge in [0.05, 0.1) is 30.2 Å². The average molecular weight is 561 g/mol. The summed E-state index contributed by atoms with van der Waals surface area (Å²) >= 11 is 0. The third-order valence-corrected chi connectivity index (χ3v) is 8.29. The van der Waals surface area contributed by atoms with Gasteiger partial charge in [0.2, 0.25) is 11.8 Å². The first-order chi connectivity index (χ1) is 19.7. The van der Waals surface area contributed by atoms with Gasteiger partial charge in [0.25, 0.3) is 0 Å². The Bertz CT molecular complexity index is 1300. The van der Waals surface area contributed by atoms with E-state index in [2.05, 4.69) is 13.0 Å². The topological polar surface area (TPSA) is 139 Å². The highest BCUT2D eigenvalue weighted by molar-refractivity contribution is 6.58. The number of nitrogens with zero attached hydrogens (tertiary/aromatic N) is 1. The first-order valence-corrected chi connectivity index (χ1v) is 14.5. The van der Waals surface area contributed by atoms with E-state index in [1.54, 1.807) is 24.3 Å². The standard InChI is InChI=1S/C32H40BNO7/c1-3-6-20(16-21-10-13-25(36)14-11-21)12-15-28(37)29-22(7-4-2)17-26-30(27(29)19-35)32(39)34(31(26)38)24-9-5-8-23(18-24)33(40)41/h5,8-11,13-14,16,18,26-28,30,35-37,40-41H,3-4,6-7,12,15,17,19H2,1-2H3/b20-16+/t26-,27+,28-,30-/m1/s1. The van der Waals surface area contributed by atoms with Crippen molar-refractivity contribution in [3.63, 3.8) is 0 Å². The molecule has 2 aliphatic rings. The maximum absolute atomic E-state index is 13.8. The molecule has 1 saturated heterocycles. The Balaban J connectivity index is 1.61. The first kappa shape index (κ1) is 30.7. The van der Waals surface area contributed by atoms with Crippen molar-refractivity contribution < 1.29 is 35.0 Å². The molecule has 0 aromatic heterocycles. The van der Waals surface area contributed by atoms with Crippen LogP contribution < -0.4 is 10.4 Å². The van der Waals surface area contributed by atoms with Crippen molar-refractivity contribution >= 4 is 36.2 Å². The molecule has 1 fully saturated rings. The molecule has 2 aromatic rings. The summed E-state index contributed by atoms with van der Waals surface area (Å²) in [5.74, 6) is -2.75. The Morgan fingerprint density at radius 1 is 1.05 bits per heavy atom. The van der Waals surface area contributed by atoms with E-state index in [0.29, 0.717) is 31.3 Å². The van der Waals surface area contributed by atoms with Crippen LogP contribution >= 0.6 is 0 Å². The zero-order valence-corrected chi connectivity index (χ0v) is 23.7. The minimum atomic E-state index is -1.74. The molecule has 8 nitrogen and oxygen atoms in total. The summed E-state index contributed by atoms with van der Waals surface area (Å²) in [6, 6.07) is 13.0. The van der Waals surface area contributed by atoms with E-state index < -0.39 is 36.9 Å². The van der Waals surface area contributed by atoms with Gasteiger partial charge in [0, 0.05) is 5.92 Å². The number of allylic oxidation sites excluding steroid dienone is 2. The van der Waals surface area contributed by atoms with Crippen LogP contribution in [0.5, 0.6) is 5.75 Å². The second kappa shape index (κ2) is 13.6. The molecule has 4 atom stereocenters. The maximum Gasteiger partial charge on any atom is 0.488 e. The molecule has 2 aromatic carbocycles. The lowest BCUT2D eigenvalue weighted by Crippen LogP contribution is -2.39. The fraction of sp³-hybridized carbons (Fsp3) is 0.438. The van der Waals surface area contributed by atoms with E-state index in [0.717, 1.165) is 40.9 Å². The molecule has 0 spiro atoms. The predicted octanol–water partition coefficient (Wildman–Crippen LogP) is 3.31. The summed E-state index contributed by atoms with van der Waals surface area (Å²) in [7, 11) is -1.74. The quantitative estimate of drug-likeness (QED) is 0.152. The minimum Gasteiger partial charge on any atom is -0.508 e. The van der Waals surface area contributed by atoms with Gasteiger partial charge < -0.3 is 25.4 Å². The number of imide groups is 1. The van der Waals surface area contributed by atoms with Crippen molar-refractivity contribution in [2.75, 3.05) is 11.5 Å². The highest BCUT2D eigenvalue weighted by Gasteiger charge is 2.55. The number of amides is 2. The minimum absolute atomic E-state index is 0.167. The van der Waals surface area contributed by atoms with Gasteiger partial charge in [0.1, 0.15) is 5.75 Å². The van der Waals surface area contributed by atoms with Gasteiger partial charge in [-0.05, 0) is 73.0 Å². The molecule has 4 rings (SSSR count). The number of hydrogen-bond donors (Lipinski definition) is 5. The van der Waals surface area contributed by atoms with Gasteiger partial charge >= 0.3 is 7.12 Å². The fourth-order valence-electron chi connectivity index (χ4n) is 6.45. The van der Waals surface area contributed by atoms with Crippen LogP contribution in [0.25, 0.3) is 6.08 Å². The van der Waals surface area contributed by atoms with Crippen LogP contribution in [0.15, 0.2) is 65.3 Å². The number of carbonyl (C=O) groups is 2. The van der Waals surface area contributed by atoms with E-state index in [-0.39, 0.29) is 29.4 Å². The zero-order chi connectivity index (χ0) is 29.7. The number of fused-ring (bicyclic) bond motifs is 1. The van der Waals surface area contributed by atoms with Crippen LogP contribution in [0, 0.1) is 17.8 Å². The third-order valence-electron chi connectivity index (χ3n) is 8.29. The fourth-order valence-corrected chi connectivity index (χ4v) is 6.45. The Hall–Kier alpha value is -3.24. The monoisotopic (exact) mass is 561 g/mol. The Kier molecular flexibility index (Phi) is 10.2. The van der Waals surface area contributed by atoms with Crippen molar-refractivity contribution in [1.82, 2.24) is 0 Å². The molecule has 5 N–H and O–H groups in total. The smallest absolute Gasteiger partial charge is 0.488 e. The number of carbonyl (C=O) groups excluding carboxylic acids is 2. The predicted molar refractivity (Wildman–Crippen MR) is 159 cm³/mol. The summed E-state index contributed by atoms with van der Waals surface area (Å²) < 4.78 is 0. The van der Waals surface area contributed by atoms with Crippen molar-refractivity contribution in [3.05, 3.63) is 70.8 Å². The number of phenols is 1. The van der Waals surface area contributed by atoms with Gasteiger partial charge in [-0.15, -0.1) is 0 Å². The van der Waals surface area contributed by atoms with Crippen LogP contribution in [0.4, 0.5) is 5.69 Å². The number of phenolic OH excluding ortho intramolecular Hbond substituents is 1. The molecular weight excluding hydrogens is 521 g/mol. The van der Waals surface area contributed by atoms with E-state index in [9.17, 15) is 35.0 Å². The number of anilines is 1. The molecule has 0 saturated carbocycles. The second-order valence-corrected chi connectivity index (χ2v) is 11.1. The van der Waals surface area contributed by atoms with Crippen LogP contribution in [0.1, 0.15) is 64.4 Å². The largest absolute Gasteiger partial charge is 0.508 e. The molecule has 0 radical (unpaired) electrons. The van der Waals surface area contributed by atoms with Crippen molar-refractivity contribution in [2.45, 2.75) is 64.9 Å². The van der Waals surface area contributed by atoms with Crippen molar-refractivity contribution in [1.29, 1.82) is 0 Å². The average Bonchev–Trinajstić information content (AvgIpc) is 3.21. The zero-order valence-electron chi connectivity index (χ0n) is 23.7. The number of aliphatic hydroxyl groups excluding tert-OH is 2. The molecule has 9 heteroatoms. The van der Waals surface area contributed by atoms with E-state index in [1.807, 2.05) is 19.1 Å². The summed E-state index contributed by atoms with van der Waals surface area (Å²) in [6.45, 7) is 3.75. The third kappa shape index (κ3) is 6.65. The van der Waals surface area contributed by atoms with E-state index >= 15 is 0 Å². The van der Waals surface area contributed by atoms with Gasteiger partial charge in [0.15, 0.2) is 0 Å². The summed E-state index contributed by atoms with van der Waals surface area (Å²) in [5, 5.41) is 50.9. The molecular formula is C32H40BNO7. The van der Waals surface area contributed by atoms with Crippen LogP contribution in [0.2, 0.25) is 0 Å². The number of benzene rings is 2. The number of hydrogen-bond acceptors (Lipinski definition) is 7. The lowest BCUT2D eigenvalue weighted by atomic mass is 9.67. The maximum atomic E-state index is 13.8. The van der Waals surface area contributed by atoms with Crippen molar-refractivity contribution in [3.8, 4) is 5.75 Å². The molecule has 0 bridgehead atoms. The molecule has 1 heterocycles. The molecule has 41 heavy (non-hydrogen) atoms. The molecule has 0 unspecified atom stereocenters. The highest BCUT2D eigenvalue weighted by Crippen LogP contribution is 2.48. The summed E-state index contributed by atoms with van der Waals surface area (Å²) in [5.41, 5.74) is 4.17. The summed E-state index contributed by atoms with van der Waals surface area (Å²) in [6.07, 6.45) is 5.83. The number of rotatable bonds is 12.